The van der Waals surface area contributed by atoms with Crippen molar-refractivity contribution in [1.82, 2.24) is 36.3 Å². The number of carbonyl (C=O) groups is 4. The molecule has 0 bridgehead atoms. The fraction of sp³-hybridized carbons (Fsp3) is 0.536. The van der Waals surface area contributed by atoms with Crippen molar-refractivity contribution in [2.75, 3.05) is 171 Å². The third kappa shape index (κ3) is 29.9. The Kier molecular flexibility index (Phi) is 34.4. The Labute approximate surface area is 526 Å². The number of benzene rings is 3. The predicted molar refractivity (Wildman–Crippen MR) is 309 cm³/mol. The Hall–Kier alpha value is -7.36. The van der Waals surface area contributed by atoms with Gasteiger partial charge < -0.3 is 86.4 Å². The monoisotopic (exact) mass is 1350 g/mol. The molecule has 0 spiro atoms. The summed E-state index contributed by atoms with van der Waals surface area (Å²) in [5.41, 5.74) is 1.05. The van der Waals surface area contributed by atoms with Crippen molar-refractivity contribution >= 4 is 43.4 Å². The Bertz CT molecular complexity index is 3220. The van der Waals surface area contributed by atoms with E-state index in [1.165, 1.54) is 0 Å². The van der Waals surface area contributed by atoms with Crippen LogP contribution in [0.4, 0.5) is 17.6 Å². The molecule has 2 heterocycles. The third-order valence-electron chi connectivity index (χ3n) is 11.6. The standard InChI is InChI=1S/C56H73F4N7O23S2/c1-91(72,73)55-66-64-53(89-55)39-3-7-41(8-4-39)86-35-33-84-31-29-82-27-25-80-23-20-76-15-11-46(68)62-38-45(52(71)61-14-18-79-22-19-78-17-13-48(70)88-51-49(59)43(57)37-44(58)50(51)60)63-47(69)12-16-77-21-24-81-26-28-83-30-32-85-34-36-87-42-9-5-40(6-10-42)54-65-67-56(90-54)92(2,74)75/h3-10,37,45H,11-36,38H2,1-2H3,(H,61,71)(H,62,68)(H,63,69). The summed E-state index contributed by atoms with van der Waals surface area (Å²) in [6.07, 6.45) is 1.22. The summed E-state index contributed by atoms with van der Waals surface area (Å²) < 4.78 is 181. The van der Waals surface area contributed by atoms with Gasteiger partial charge in [-0.3, -0.25) is 19.2 Å². The summed E-state index contributed by atoms with van der Waals surface area (Å²) in [4.78, 5) is 50.8. The molecular weight excluding hydrogens is 1280 g/mol. The van der Waals surface area contributed by atoms with Crippen LogP contribution in [0.1, 0.15) is 19.3 Å². The van der Waals surface area contributed by atoms with Crippen molar-refractivity contribution in [2.45, 2.75) is 35.7 Å². The molecule has 0 aliphatic heterocycles. The fourth-order valence-electron chi connectivity index (χ4n) is 7.06. The average molecular weight is 1350 g/mol. The second-order valence-corrected chi connectivity index (χ2v) is 22.7. The van der Waals surface area contributed by atoms with Gasteiger partial charge in [0, 0.05) is 55.6 Å². The molecule has 3 amide bonds. The summed E-state index contributed by atoms with van der Waals surface area (Å²) in [7, 11) is -7.24. The van der Waals surface area contributed by atoms with Gasteiger partial charge in [-0.2, -0.15) is 8.78 Å². The molecule has 30 nitrogen and oxygen atoms in total. The number of rotatable bonds is 50. The van der Waals surface area contributed by atoms with Crippen molar-refractivity contribution in [1.29, 1.82) is 0 Å². The average Bonchev–Trinajstić information content (AvgIpc) is 1.34. The van der Waals surface area contributed by atoms with Gasteiger partial charge in [0.2, 0.25) is 66.6 Å². The lowest BCUT2D eigenvalue weighted by Crippen LogP contribution is -2.53. The number of aromatic nitrogens is 4. The van der Waals surface area contributed by atoms with E-state index in [1.54, 1.807) is 48.5 Å². The predicted octanol–water partition coefficient (Wildman–Crippen LogP) is 2.27. The van der Waals surface area contributed by atoms with Crippen molar-refractivity contribution in [3.05, 3.63) is 77.9 Å². The molecule has 0 aliphatic carbocycles. The van der Waals surface area contributed by atoms with Crippen LogP contribution < -0.4 is 30.2 Å². The van der Waals surface area contributed by atoms with Crippen LogP contribution >= 0.6 is 0 Å². The number of hydrogen-bond donors (Lipinski definition) is 3. The smallest absolute Gasteiger partial charge is 0.335 e. The van der Waals surface area contributed by atoms with Gasteiger partial charge in [-0.25, -0.2) is 25.6 Å². The summed E-state index contributed by atoms with van der Waals surface area (Å²) in [6.45, 7) is 3.57. The van der Waals surface area contributed by atoms with Gasteiger partial charge in [0.25, 0.3) is 0 Å². The number of hydrogen-bond acceptors (Lipinski definition) is 27. The Morgan fingerprint density at radius 2 is 0.815 bits per heavy atom. The molecule has 36 heteroatoms. The molecule has 92 heavy (non-hydrogen) atoms. The number of esters is 1. The fourth-order valence-corrected chi connectivity index (χ4v) is 7.90. The molecule has 2 aromatic heterocycles. The van der Waals surface area contributed by atoms with Gasteiger partial charge >= 0.3 is 16.4 Å². The first-order valence-corrected chi connectivity index (χ1v) is 32.2. The van der Waals surface area contributed by atoms with E-state index < -0.39 is 95.3 Å². The topological polar surface area (TPSA) is 370 Å². The highest BCUT2D eigenvalue weighted by Crippen LogP contribution is 2.27. The van der Waals surface area contributed by atoms with Crippen molar-refractivity contribution in [2.24, 2.45) is 0 Å². The molecule has 1 atom stereocenters. The lowest BCUT2D eigenvalue weighted by molar-refractivity contribution is -0.136. The summed E-state index contributed by atoms with van der Waals surface area (Å²) in [6, 6.07) is 12.1. The quantitative estimate of drug-likeness (QED) is 0.0165. The van der Waals surface area contributed by atoms with E-state index >= 15 is 0 Å². The molecule has 0 radical (unpaired) electrons. The number of nitrogens with zero attached hydrogens (tertiary/aromatic N) is 4. The van der Waals surface area contributed by atoms with E-state index in [9.17, 15) is 53.6 Å². The molecule has 510 valence electrons. The highest BCUT2D eigenvalue weighted by Gasteiger charge is 2.25. The van der Waals surface area contributed by atoms with E-state index in [2.05, 4.69) is 41.1 Å². The number of ether oxygens (including phenoxy) is 13. The minimum atomic E-state index is -3.62. The van der Waals surface area contributed by atoms with Crippen LogP contribution in [0.5, 0.6) is 17.2 Å². The van der Waals surface area contributed by atoms with Gasteiger partial charge in [0.05, 0.1) is 139 Å². The number of halogens is 4. The van der Waals surface area contributed by atoms with E-state index in [0.717, 1.165) is 12.5 Å². The van der Waals surface area contributed by atoms with Crippen molar-refractivity contribution in [3.63, 3.8) is 0 Å². The largest absolute Gasteiger partial charge is 0.491 e. The van der Waals surface area contributed by atoms with Crippen LogP contribution in [0.2, 0.25) is 0 Å². The highest BCUT2D eigenvalue weighted by molar-refractivity contribution is 7.90. The van der Waals surface area contributed by atoms with Crippen LogP contribution in [0.3, 0.4) is 0 Å². The van der Waals surface area contributed by atoms with Crippen LogP contribution in [-0.4, -0.2) is 238 Å². The molecule has 0 saturated heterocycles. The van der Waals surface area contributed by atoms with Crippen molar-refractivity contribution < 1.29 is 124 Å². The molecule has 3 aromatic carbocycles. The van der Waals surface area contributed by atoms with Gasteiger partial charge in [-0.1, -0.05) is 10.2 Å². The van der Waals surface area contributed by atoms with Crippen LogP contribution in [0, 0.1) is 23.3 Å². The van der Waals surface area contributed by atoms with Crippen LogP contribution in [0.15, 0.2) is 73.9 Å². The Morgan fingerprint density at radius 1 is 0.457 bits per heavy atom. The molecule has 0 saturated carbocycles. The molecule has 3 N–H and O–H groups in total. The van der Waals surface area contributed by atoms with Gasteiger partial charge in [0.1, 0.15) is 30.8 Å². The van der Waals surface area contributed by atoms with Gasteiger partial charge in [-0.05, 0) is 48.5 Å². The first-order valence-electron chi connectivity index (χ1n) is 28.5. The van der Waals surface area contributed by atoms with E-state index in [-0.39, 0.29) is 143 Å². The summed E-state index contributed by atoms with van der Waals surface area (Å²) in [5, 5.41) is 21.4. The van der Waals surface area contributed by atoms with Crippen molar-refractivity contribution in [3.8, 4) is 40.2 Å². The first kappa shape index (κ1) is 75.4. The SMILES string of the molecule is CS(=O)(=O)c1nnc(-c2ccc(OCCOCCOCCOCCOCCC(=O)NCC(NC(=O)CCOCCOCCOCCOCCOc3ccc(-c4nnc(S(C)(=O)=O)o4)cc3)C(=O)NCCOCCOCCC(=O)Oc3c(F)c(F)cc(F)c3F)cc2)o1. The Balaban J connectivity index is 0.873. The van der Waals surface area contributed by atoms with Crippen LogP contribution in [-0.2, 0) is 86.2 Å². The number of amides is 3. The minimum absolute atomic E-state index is 0.0131. The van der Waals surface area contributed by atoms with Gasteiger partial charge in [-0.15, -0.1) is 10.2 Å². The zero-order valence-electron chi connectivity index (χ0n) is 50.4. The molecule has 5 aromatic rings. The van der Waals surface area contributed by atoms with E-state index in [1.807, 2.05) is 0 Å². The maximum atomic E-state index is 13.8. The number of sulfone groups is 2. The maximum Gasteiger partial charge on any atom is 0.335 e. The van der Waals surface area contributed by atoms with E-state index in [4.69, 9.17) is 65.7 Å². The zero-order chi connectivity index (χ0) is 66.4. The normalized spacial score (nSPS) is 12.0. The number of carbonyl (C=O) groups excluding carboxylic acids is 4. The zero-order valence-corrected chi connectivity index (χ0v) is 52.0. The number of nitrogens with one attached hydrogen (secondary N) is 3. The Morgan fingerprint density at radius 3 is 1.21 bits per heavy atom. The lowest BCUT2D eigenvalue weighted by Gasteiger charge is -2.19. The first-order chi connectivity index (χ1) is 44.3. The third-order valence-corrected chi connectivity index (χ3v) is 13.2. The molecule has 5 rings (SSSR count). The van der Waals surface area contributed by atoms with Gasteiger partial charge in [0.15, 0.2) is 11.6 Å². The second kappa shape index (κ2) is 42.0. The second-order valence-electron chi connectivity index (χ2n) is 18.9. The van der Waals surface area contributed by atoms with E-state index in [0.29, 0.717) is 68.9 Å². The summed E-state index contributed by atoms with van der Waals surface area (Å²) >= 11 is 0. The minimum Gasteiger partial charge on any atom is -0.491 e. The maximum absolute atomic E-state index is 13.8. The van der Waals surface area contributed by atoms with Crippen LogP contribution in [0.25, 0.3) is 22.9 Å². The lowest BCUT2D eigenvalue weighted by atomic mass is 10.2. The molecule has 0 fully saturated rings. The molecular formula is C56H73F4N7O23S2. The summed E-state index contributed by atoms with van der Waals surface area (Å²) in [5.74, 6) is -10.4. The molecule has 1 unspecified atom stereocenters. The molecule has 0 aliphatic rings. The highest BCUT2D eigenvalue weighted by atomic mass is 32.2.